The van der Waals surface area contributed by atoms with E-state index in [-0.39, 0.29) is 5.91 Å². The molecule has 4 nitrogen and oxygen atoms in total. The van der Waals surface area contributed by atoms with Crippen LogP contribution >= 0.6 is 23.2 Å². The number of ether oxygens (including phenoxy) is 1. The van der Waals surface area contributed by atoms with Crippen molar-refractivity contribution in [1.82, 2.24) is 0 Å². The Morgan fingerprint density at radius 2 is 1.52 bits per heavy atom. The van der Waals surface area contributed by atoms with Crippen molar-refractivity contribution in [1.29, 1.82) is 0 Å². The molecule has 0 radical (unpaired) electrons. The van der Waals surface area contributed by atoms with Crippen LogP contribution in [0.2, 0.25) is 10.0 Å². The topological polar surface area (TPSA) is 50.4 Å². The van der Waals surface area contributed by atoms with Gasteiger partial charge in [-0.3, -0.25) is 4.79 Å². The summed E-state index contributed by atoms with van der Waals surface area (Å²) in [7, 11) is 0. The van der Waals surface area contributed by atoms with E-state index in [1.54, 1.807) is 25.1 Å². The van der Waals surface area contributed by atoms with E-state index < -0.39 is 6.10 Å². The molecule has 1 amide bonds. The lowest BCUT2D eigenvalue weighted by Crippen LogP contribution is -2.30. The standard InChI is InChI=1S/C21H18Cl2N2O2/c1-14(27-20-12-7-15(22)13-19(20)23)21(26)25-18-10-8-17(9-11-18)24-16-5-3-2-4-6-16/h2-14,24H,1H3,(H,25,26)/t14-/m1/s1. The second-order valence-electron chi connectivity index (χ2n) is 5.89. The van der Waals surface area contributed by atoms with Crippen LogP contribution in [-0.4, -0.2) is 12.0 Å². The average molecular weight is 401 g/mol. The Balaban J connectivity index is 1.58. The second-order valence-corrected chi connectivity index (χ2v) is 6.74. The lowest BCUT2D eigenvalue weighted by atomic mass is 10.2. The van der Waals surface area contributed by atoms with Crippen LogP contribution in [0.15, 0.2) is 72.8 Å². The lowest BCUT2D eigenvalue weighted by Gasteiger charge is -2.16. The second kappa shape index (κ2) is 8.80. The minimum atomic E-state index is -0.717. The Morgan fingerprint density at radius 1 is 0.889 bits per heavy atom. The molecular formula is C21H18Cl2N2O2. The summed E-state index contributed by atoms with van der Waals surface area (Å²) in [4.78, 5) is 12.4. The van der Waals surface area contributed by atoms with E-state index in [9.17, 15) is 4.79 Å². The lowest BCUT2D eigenvalue weighted by molar-refractivity contribution is -0.122. The first-order chi connectivity index (χ1) is 13.0. The van der Waals surface area contributed by atoms with E-state index in [4.69, 9.17) is 27.9 Å². The van der Waals surface area contributed by atoms with E-state index in [1.165, 1.54) is 0 Å². The Hall–Kier alpha value is -2.69. The fourth-order valence-electron chi connectivity index (χ4n) is 2.38. The third-order valence-electron chi connectivity index (χ3n) is 3.78. The quantitative estimate of drug-likeness (QED) is 0.521. The number of nitrogens with one attached hydrogen (secondary N) is 2. The third kappa shape index (κ3) is 5.39. The highest BCUT2D eigenvalue weighted by molar-refractivity contribution is 6.35. The Bertz CT molecular complexity index is 915. The molecule has 3 aromatic rings. The molecule has 0 aromatic heterocycles. The highest BCUT2D eigenvalue weighted by Gasteiger charge is 2.16. The van der Waals surface area contributed by atoms with Gasteiger partial charge in [0.25, 0.3) is 5.91 Å². The number of para-hydroxylation sites is 1. The van der Waals surface area contributed by atoms with E-state index in [1.807, 2.05) is 54.6 Å². The fraction of sp³-hybridized carbons (Fsp3) is 0.0952. The molecular weight excluding hydrogens is 383 g/mol. The zero-order valence-corrected chi connectivity index (χ0v) is 16.1. The number of carbonyl (C=O) groups is 1. The van der Waals surface area contributed by atoms with Crippen LogP contribution in [0.3, 0.4) is 0 Å². The smallest absolute Gasteiger partial charge is 0.265 e. The maximum atomic E-state index is 12.4. The van der Waals surface area contributed by atoms with Crippen molar-refractivity contribution in [2.45, 2.75) is 13.0 Å². The predicted molar refractivity (Wildman–Crippen MR) is 111 cm³/mol. The Labute approximate surface area is 168 Å². The van der Waals surface area contributed by atoms with Crippen molar-refractivity contribution >= 4 is 46.2 Å². The van der Waals surface area contributed by atoms with Crippen LogP contribution in [0.4, 0.5) is 17.1 Å². The summed E-state index contributed by atoms with van der Waals surface area (Å²) in [6.45, 7) is 1.66. The summed E-state index contributed by atoms with van der Waals surface area (Å²) in [5.74, 6) is 0.135. The molecule has 0 heterocycles. The molecule has 6 heteroatoms. The molecule has 0 fully saturated rings. The molecule has 0 aliphatic heterocycles. The number of carbonyl (C=O) groups excluding carboxylic acids is 1. The van der Waals surface area contributed by atoms with Gasteiger partial charge in [0.15, 0.2) is 6.10 Å². The molecule has 3 rings (SSSR count). The predicted octanol–water partition coefficient (Wildman–Crippen LogP) is 6.14. The highest BCUT2D eigenvalue weighted by Crippen LogP contribution is 2.28. The van der Waals surface area contributed by atoms with Crippen molar-refractivity contribution in [3.05, 3.63) is 82.8 Å². The summed E-state index contributed by atoms with van der Waals surface area (Å²) in [6.07, 6.45) is -0.717. The molecule has 0 aliphatic rings. The van der Waals surface area contributed by atoms with Crippen LogP contribution in [0, 0.1) is 0 Å². The maximum absolute atomic E-state index is 12.4. The minimum absolute atomic E-state index is 0.273. The first kappa shape index (κ1) is 19.1. The number of amides is 1. The molecule has 0 bridgehead atoms. The first-order valence-corrected chi connectivity index (χ1v) is 9.11. The molecule has 138 valence electrons. The zero-order chi connectivity index (χ0) is 19.2. The molecule has 0 spiro atoms. The van der Waals surface area contributed by atoms with Gasteiger partial charge < -0.3 is 15.4 Å². The molecule has 2 N–H and O–H groups in total. The number of hydrogen-bond donors (Lipinski definition) is 2. The van der Waals surface area contributed by atoms with Gasteiger partial charge in [-0.1, -0.05) is 41.4 Å². The summed E-state index contributed by atoms with van der Waals surface area (Å²) < 4.78 is 5.62. The van der Waals surface area contributed by atoms with Crippen molar-refractivity contribution in [3.8, 4) is 5.75 Å². The molecule has 0 aliphatic carbocycles. The van der Waals surface area contributed by atoms with E-state index in [0.29, 0.717) is 21.5 Å². The van der Waals surface area contributed by atoms with Crippen LogP contribution < -0.4 is 15.4 Å². The molecule has 0 saturated carbocycles. The number of halogens is 2. The summed E-state index contributed by atoms with van der Waals surface area (Å²) in [5.41, 5.74) is 2.60. The third-order valence-corrected chi connectivity index (χ3v) is 4.31. The molecule has 27 heavy (non-hydrogen) atoms. The molecule has 3 aromatic carbocycles. The zero-order valence-electron chi connectivity index (χ0n) is 14.6. The SMILES string of the molecule is C[C@@H](Oc1ccc(Cl)cc1Cl)C(=O)Nc1ccc(Nc2ccccc2)cc1. The van der Waals surface area contributed by atoms with Gasteiger partial charge in [-0.15, -0.1) is 0 Å². The monoisotopic (exact) mass is 400 g/mol. The Morgan fingerprint density at radius 3 is 2.19 bits per heavy atom. The summed E-state index contributed by atoms with van der Waals surface area (Å²) in [6, 6.07) is 22.2. The average Bonchev–Trinajstić information content (AvgIpc) is 2.66. The molecule has 0 unspecified atom stereocenters. The molecule has 1 atom stereocenters. The van der Waals surface area contributed by atoms with E-state index >= 15 is 0 Å². The van der Waals surface area contributed by atoms with Crippen molar-refractivity contribution in [2.24, 2.45) is 0 Å². The minimum Gasteiger partial charge on any atom is -0.479 e. The van der Waals surface area contributed by atoms with Crippen LogP contribution in [0.5, 0.6) is 5.75 Å². The van der Waals surface area contributed by atoms with Crippen molar-refractivity contribution in [2.75, 3.05) is 10.6 Å². The van der Waals surface area contributed by atoms with Gasteiger partial charge in [-0.2, -0.15) is 0 Å². The summed E-state index contributed by atoms with van der Waals surface area (Å²) >= 11 is 11.9. The molecule has 0 saturated heterocycles. The van der Waals surface area contributed by atoms with Crippen molar-refractivity contribution in [3.63, 3.8) is 0 Å². The van der Waals surface area contributed by atoms with Gasteiger partial charge in [0.1, 0.15) is 5.75 Å². The van der Waals surface area contributed by atoms with Crippen LogP contribution in [-0.2, 0) is 4.79 Å². The summed E-state index contributed by atoms with van der Waals surface area (Å²) in [5, 5.41) is 6.98. The van der Waals surface area contributed by atoms with Crippen LogP contribution in [0.1, 0.15) is 6.92 Å². The number of rotatable bonds is 6. The van der Waals surface area contributed by atoms with Gasteiger partial charge >= 0.3 is 0 Å². The normalized spacial score (nSPS) is 11.5. The largest absolute Gasteiger partial charge is 0.479 e. The number of anilines is 3. The van der Waals surface area contributed by atoms with E-state index in [0.717, 1.165) is 11.4 Å². The van der Waals surface area contributed by atoms with Gasteiger partial charge in [0.2, 0.25) is 0 Å². The van der Waals surface area contributed by atoms with Gasteiger partial charge in [-0.05, 0) is 61.5 Å². The van der Waals surface area contributed by atoms with Gasteiger partial charge in [0.05, 0.1) is 5.02 Å². The number of benzene rings is 3. The Kier molecular flexibility index (Phi) is 6.22. The fourth-order valence-corrected chi connectivity index (χ4v) is 2.84. The van der Waals surface area contributed by atoms with Gasteiger partial charge in [-0.25, -0.2) is 0 Å². The number of hydrogen-bond acceptors (Lipinski definition) is 3. The van der Waals surface area contributed by atoms with E-state index in [2.05, 4.69) is 10.6 Å². The van der Waals surface area contributed by atoms with Crippen molar-refractivity contribution < 1.29 is 9.53 Å². The van der Waals surface area contributed by atoms with Gasteiger partial charge in [0, 0.05) is 22.1 Å². The first-order valence-electron chi connectivity index (χ1n) is 8.36. The van der Waals surface area contributed by atoms with Crippen LogP contribution in [0.25, 0.3) is 0 Å². The maximum Gasteiger partial charge on any atom is 0.265 e. The highest BCUT2D eigenvalue weighted by atomic mass is 35.5.